The van der Waals surface area contributed by atoms with E-state index in [-0.39, 0.29) is 0 Å². The second kappa shape index (κ2) is 6.71. The van der Waals surface area contributed by atoms with Gasteiger partial charge in [-0.25, -0.2) is 0 Å². The third kappa shape index (κ3) is 2.67. The summed E-state index contributed by atoms with van der Waals surface area (Å²) in [6, 6.07) is 11.2. The molecule has 2 aliphatic carbocycles. The highest BCUT2D eigenvalue weighted by Gasteiger charge is 2.49. The van der Waals surface area contributed by atoms with Crippen molar-refractivity contribution in [2.45, 2.75) is 96.4 Å². The van der Waals surface area contributed by atoms with E-state index in [0.717, 1.165) is 18.0 Å². The summed E-state index contributed by atoms with van der Waals surface area (Å²) < 4.78 is 0. The number of rotatable bonds is 3. The van der Waals surface area contributed by atoms with Crippen molar-refractivity contribution >= 4 is 5.69 Å². The van der Waals surface area contributed by atoms with Crippen molar-refractivity contribution in [2.75, 3.05) is 4.90 Å². The van der Waals surface area contributed by atoms with E-state index in [9.17, 15) is 0 Å². The van der Waals surface area contributed by atoms with Crippen molar-refractivity contribution < 1.29 is 0 Å². The van der Waals surface area contributed by atoms with Crippen molar-refractivity contribution in [3.63, 3.8) is 0 Å². The summed E-state index contributed by atoms with van der Waals surface area (Å²) in [6.45, 7) is 7.24. The molecule has 3 aliphatic rings. The molecular formula is C22H34N2. The largest absolute Gasteiger partial charge is 0.352 e. The maximum atomic E-state index is 2.96. The first-order valence-corrected chi connectivity index (χ1v) is 10.3. The highest BCUT2D eigenvalue weighted by atomic mass is 15.5. The molecule has 1 aromatic carbocycles. The zero-order chi connectivity index (χ0) is 16.7. The second-order valence-corrected chi connectivity index (χ2v) is 8.49. The zero-order valence-electron chi connectivity index (χ0n) is 15.7. The molecule has 24 heavy (non-hydrogen) atoms. The predicted molar refractivity (Wildman–Crippen MR) is 102 cm³/mol. The maximum Gasteiger partial charge on any atom is 0.0801 e. The number of para-hydroxylation sites is 1. The van der Waals surface area contributed by atoms with Gasteiger partial charge in [-0.05, 0) is 64.0 Å². The lowest BCUT2D eigenvalue weighted by Gasteiger charge is -2.37. The second-order valence-electron chi connectivity index (χ2n) is 8.49. The van der Waals surface area contributed by atoms with E-state index in [4.69, 9.17) is 0 Å². The summed E-state index contributed by atoms with van der Waals surface area (Å²) in [7, 11) is 0. The monoisotopic (exact) mass is 326 g/mol. The molecular weight excluding hydrogens is 292 g/mol. The van der Waals surface area contributed by atoms with Crippen LogP contribution >= 0.6 is 0 Å². The number of aryl methyl sites for hydroxylation is 1. The standard InChI is InChI=1S/C22H34N2/c1-16-10-4-9-15-21(16)23-17(2)22(19-11-5-6-12-19)24(18(23)3)20-13-7-8-14-20/h4,9-10,15,17-20,22H,5-8,11-14H2,1-3H3/t17-,18?,22?/m0/s1. The highest BCUT2D eigenvalue weighted by molar-refractivity contribution is 5.56. The summed E-state index contributed by atoms with van der Waals surface area (Å²) >= 11 is 0. The maximum absolute atomic E-state index is 2.96. The van der Waals surface area contributed by atoms with E-state index in [1.165, 1.54) is 62.6 Å². The van der Waals surface area contributed by atoms with Gasteiger partial charge in [0.05, 0.1) is 6.17 Å². The Kier molecular flexibility index (Phi) is 4.60. The van der Waals surface area contributed by atoms with Crippen molar-refractivity contribution in [3.05, 3.63) is 29.8 Å². The van der Waals surface area contributed by atoms with Gasteiger partial charge in [-0.1, -0.05) is 43.9 Å². The molecule has 0 aromatic heterocycles. The number of nitrogens with zero attached hydrogens (tertiary/aromatic N) is 2. The van der Waals surface area contributed by atoms with Crippen LogP contribution in [-0.4, -0.2) is 29.2 Å². The molecule has 2 nitrogen and oxygen atoms in total. The molecule has 3 fully saturated rings. The van der Waals surface area contributed by atoms with E-state index in [1.807, 2.05) is 0 Å². The molecule has 1 aromatic rings. The van der Waals surface area contributed by atoms with Crippen LogP contribution in [0.2, 0.25) is 0 Å². The van der Waals surface area contributed by atoms with Crippen LogP contribution in [0.15, 0.2) is 24.3 Å². The molecule has 0 spiro atoms. The topological polar surface area (TPSA) is 6.48 Å². The van der Waals surface area contributed by atoms with Gasteiger partial charge in [0, 0.05) is 23.8 Å². The molecule has 2 unspecified atom stereocenters. The van der Waals surface area contributed by atoms with Gasteiger partial charge in [0.1, 0.15) is 0 Å². The van der Waals surface area contributed by atoms with Gasteiger partial charge in [0.25, 0.3) is 0 Å². The van der Waals surface area contributed by atoms with Crippen molar-refractivity contribution in [2.24, 2.45) is 5.92 Å². The molecule has 0 radical (unpaired) electrons. The van der Waals surface area contributed by atoms with Crippen LogP contribution < -0.4 is 4.90 Å². The van der Waals surface area contributed by atoms with E-state index in [0.29, 0.717) is 12.2 Å². The lowest BCUT2D eigenvalue weighted by Crippen LogP contribution is -2.47. The van der Waals surface area contributed by atoms with Gasteiger partial charge < -0.3 is 4.90 Å². The van der Waals surface area contributed by atoms with Gasteiger partial charge in [-0.3, -0.25) is 4.90 Å². The minimum Gasteiger partial charge on any atom is -0.352 e. The van der Waals surface area contributed by atoms with E-state index < -0.39 is 0 Å². The molecule has 0 bridgehead atoms. The Balaban J connectivity index is 1.69. The van der Waals surface area contributed by atoms with Gasteiger partial charge in [-0.2, -0.15) is 0 Å². The Hall–Kier alpha value is -1.02. The zero-order valence-corrected chi connectivity index (χ0v) is 15.7. The van der Waals surface area contributed by atoms with Crippen LogP contribution in [0.25, 0.3) is 0 Å². The lowest BCUT2D eigenvalue weighted by molar-refractivity contribution is 0.0985. The fourth-order valence-corrected chi connectivity index (χ4v) is 6.11. The summed E-state index contributed by atoms with van der Waals surface area (Å²) in [5, 5.41) is 0. The number of anilines is 1. The van der Waals surface area contributed by atoms with Crippen molar-refractivity contribution in [1.29, 1.82) is 0 Å². The first-order valence-electron chi connectivity index (χ1n) is 10.3. The molecule has 0 amide bonds. The van der Waals surface area contributed by atoms with Gasteiger partial charge in [0.15, 0.2) is 0 Å². The summed E-state index contributed by atoms with van der Waals surface area (Å²) in [5.41, 5.74) is 2.88. The van der Waals surface area contributed by atoms with Gasteiger partial charge in [0.2, 0.25) is 0 Å². The number of hydrogen-bond acceptors (Lipinski definition) is 2. The Morgan fingerprint density at radius 2 is 1.50 bits per heavy atom. The van der Waals surface area contributed by atoms with Crippen LogP contribution in [0.4, 0.5) is 5.69 Å². The van der Waals surface area contributed by atoms with Crippen LogP contribution in [0.3, 0.4) is 0 Å². The number of hydrogen-bond donors (Lipinski definition) is 0. The van der Waals surface area contributed by atoms with Crippen LogP contribution in [-0.2, 0) is 0 Å². The predicted octanol–water partition coefficient (Wildman–Crippen LogP) is 5.35. The fraction of sp³-hybridized carbons (Fsp3) is 0.727. The third-order valence-electron chi connectivity index (χ3n) is 7.13. The molecule has 3 atom stereocenters. The smallest absolute Gasteiger partial charge is 0.0801 e. The Morgan fingerprint density at radius 1 is 0.875 bits per heavy atom. The summed E-state index contributed by atoms with van der Waals surface area (Å²) in [6.07, 6.45) is 12.0. The molecule has 2 saturated carbocycles. The molecule has 2 heteroatoms. The molecule has 1 saturated heterocycles. The van der Waals surface area contributed by atoms with Crippen LogP contribution in [0.5, 0.6) is 0 Å². The van der Waals surface area contributed by atoms with E-state index >= 15 is 0 Å². The average molecular weight is 327 g/mol. The Bertz CT molecular complexity index is 529. The lowest BCUT2D eigenvalue weighted by atomic mass is 9.91. The van der Waals surface area contributed by atoms with E-state index in [1.54, 1.807) is 0 Å². The molecule has 1 heterocycles. The Morgan fingerprint density at radius 3 is 2.17 bits per heavy atom. The normalized spacial score (nSPS) is 33.0. The Labute approximate surface area is 148 Å². The van der Waals surface area contributed by atoms with Crippen molar-refractivity contribution in [1.82, 2.24) is 4.90 Å². The fourth-order valence-electron chi connectivity index (χ4n) is 6.11. The van der Waals surface area contributed by atoms with Crippen LogP contribution in [0.1, 0.15) is 70.8 Å². The SMILES string of the molecule is Cc1ccccc1N1C(C)N(C2CCCC2)C(C2CCCC2)[C@@H]1C. The summed E-state index contributed by atoms with van der Waals surface area (Å²) in [5.74, 6) is 0.914. The average Bonchev–Trinajstić information content (AvgIpc) is 3.30. The summed E-state index contributed by atoms with van der Waals surface area (Å²) in [4.78, 5) is 5.71. The van der Waals surface area contributed by atoms with Crippen molar-refractivity contribution in [3.8, 4) is 0 Å². The molecule has 4 rings (SSSR count). The molecule has 1 aliphatic heterocycles. The quantitative estimate of drug-likeness (QED) is 0.738. The molecule has 132 valence electrons. The minimum atomic E-state index is 0.537. The minimum absolute atomic E-state index is 0.537. The molecule has 0 N–H and O–H groups in total. The third-order valence-corrected chi connectivity index (χ3v) is 7.13. The highest BCUT2D eigenvalue weighted by Crippen LogP contribution is 2.44. The van der Waals surface area contributed by atoms with Crippen LogP contribution in [0, 0.1) is 12.8 Å². The first kappa shape index (κ1) is 16.4. The van der Waals surface area contributed by atoms with Gasteiger partial charge in [-0.15, -0.1) is 0 Å². The first-order chi connectivity index (χ1) is 11.7. The van der Waals surface area contributed by atoms with Gasteiger partial charge >= 0.3 is 0 Å². The van der Waals surface area contributed by atoms with E-state index in [2.05, 4.69) is 54.8 Å². The number of benzene rings is 1.